The average molecular weight is 435 g/mol. The monoisotopic (exact) mass is 432 g/mol. The van der Waals surface area contributed by atoms with Gasteiger partial charge in [0, 0.05) is 9.35 Å². The van der Waals surface area contributed by atoms with E-state index in [-0.39, 0.29) is 5.56 Å². The summed E-state index contributed by atoms with van der Waals surface area (Å²) < 4.78 is 40.3. The second-order valence-electron chi connectivity index (χ2n) is 3.73. The molecule has 0 aliphatic rings. The van der Waals surface area contributed by atoms with E-state index < -0.39 is 17.1 Å². The van der Waals surface area contributed by atoms with Crippen LogP contribution in [0.15, 0.2) is 38.6 Å². The van der Waals surface area contributed by atoms with Crippen molar-refractivity contribution in [1.82, 2.24) is 0 Å². The van der Waals surface area contributed by atoms with Gasteiger partial charge in [0.1, 0.15) is 0 Å². The number of hydrogen-bond donors (Lipinski definition) is 0. The summed E-state index contributed by atoms with van der Waals surface area (Å²) in [5.41, 5.74) is -0.655. The van der Waals surface area contributed by atoms with Gasteiger partial charge in [0.15, 0.2) is 0 Å². The maximum absolute atomic E-state index is 13.0. The second-order valence-corrected chi connectivity index (χ2v) is 7.58. The molecule has 0 aliphatic heterocycles. The van der Waals surface area contributed by atoms with Crippen LogP contribution in [0, 0.1) is 0 Å². The van der Waals surface area contributed by atoms with Gasteiger partial charge in [-0.1, -0.05) is 22.0 Å². The molecule has 1 unspecified atom stereocenters. The van der Waals surface area contributed by atoms with E-state index in [4.69, 9.17) is 11.6 Å². The first-order valence-corrected chi connectivity index (χ1v) is 7.89. The third kappa shape index (κ3) is 3.54. The Kier molecular flexibility index (Phi) is 4.65. The van der Waals surface area contributed by atoms with Gasteiger partial charge in [-0.15, -0.1) is 22.9 Å². The first-order chi connectivity index (χ1) is 8.79. The number of rotatable bonds is 2. The second kappa shape index (κ2) is 5.76. The Morgan fingerprint density at radius 2 is 1.79 bits per heavy atom. The van der Waals surface area contributed by atoms with E-state index in [2.05, 4.69) is 31.9 Å². The van der Waals surface area contributed by atoms with E-state index >= 15 is 0 Å². The van der Waals surface area contributed by atoms with Crippen LogP contribution in [0.5, 0.6) is 0 Å². The normalized spacial score (nSPS) is 13.6. The highest BCUT2D eigenvalue weighted by Gasteiger charge is 2.35. The maximum Gasteiger partial charge on any atom is 0.416 e. The third-order valence-electron chi connectivity index (χ3n) is 2.44. The van der Waals surface area contributed by atoms with E-state index in [1.54, 1.807) is 18.2 Å². The number of alkyl halides is 4. The molecule has 0 radical (unpaired) electrons. The molecule has 0 saturated carbocycles. The van der Waals surface area contributed by atoms with Gasteiger partial charge in [-0.2, -0.15) is 13.2 Å². The summed E-state index contributed by atoms with van der Waals surface area (Å²) in [7, 11) is 0. The fourth-order valence-corrected chi connectivity index (χ4v) is 3.79. The molecule has 2 rings (SSSR count). The molecular weight excluding hydrogens is 428 g/mol. The Hall–Kier alpha value is -0.0400. The van der Waals surface area contributed by atoms with Crippen molar-refractivity contribution in [2.75, 3.05) is 0 Å². The Morgan fingerprint density at radius 3 is 2.32 bits per heavy atom. The molecule has 0 nitrogen and oxygen atoms in total. The SMILES string of the molecule is FC(F)(F)c1cc(Br)ccc1C(Cl)c1ccc(Br)s1. The Balaban J connectivity index is 2.50. The van der Waals surface area contributed by atoms with Crippen LogP contribution in [0.25, 0.3) is 0 Å². The summed E-state index contributed by atoms with van der Waals surface area (Å²) in [5, 5.41) is -0.818. The van der Waals surface area contributed by atoms with Crippen molar-refractivity contribution in [3.63, 3.8) is 0 Å². The van der Waals surface area contributed by atoms with E-state index in [0.29, 0.717) is 9.35 Å². The molecule has 1 heterocycles. The Bertz CT molecular complexity index is 595. The molecule has 1 atom stereocenters. The first kappa shape index (κ1) is 15.4. The zero-order chi connectivity index (χ0) is 14.2. The van der Waals surface area contributed by atoms with Crippen LogP contribution in [0.3, 0.4) is 0 Å². The summed E-state index contributed by atoms with van der Waals surface area (Å²) in [6, 6.07) is 7.49. The number of halogens is 6. The summed E-state index contributed by atoms with van der Waals surface area (Å²) >= 11 is 13.8. The molecule has 0 N–H and O–H groups in total. The lowest BCUT2D eigenvalue weighted by molar-refractivity contribution is -0.138. The van der Waals surface area contributed by atoms with Crippen LogP contribution in [0.1, 0.15) is 21.4 Å². The molecular formula is C12H6Br2ClF3S. The lowest BCUT2D eigenvalue weighted by Gasteiger charge is -2.16. The minimum atomic E-state index is -4.43. The molecule has 0 amide bonds. The zero-order valence-electron chi connectivity index (χ0n) is 9.14. The van der Waals surface area contributed by atoms with Gasteiger partial charge in [-0.25, -0.2) is 0 Å². The van der Waals surface area contributed by atoms with Gasteiger partial charge in [0.25, 0.3) is 0 Å². The Labute approximate surface area is 133 Å². The van der Waals surface area contributed by atoms with Gasteiger partial charge in [-0.05, 0) is 45.8 Å². The molecule has 7 heteroatoms. The molecule has 1 aromatic heterocycles. The molecule has 102 valence electrons. The minimum absolute atomic E-state index is 0.0618. The molecule has 0 aliphatic carbocycles. The quantitative estimate of drug-likeness (QED) is 0.466. The molecule has 1 aromatic carbocycles. The lowest BCUT2D eigenvalue weighted by atomic mass is 10.0. The van der Waals surface area contributed by atoms with Crippen molar-refractivity contribution in [3.05, 3.63) is 54.6 Å². The van der Waals surface area contributed by atoms with Crippen molar-refractivity contribution in [2.24, 2.45) is 0 Å². The van der Waals surface area contributed by atoms with Crippen LogP contribution in [-0.2, 0) is 6.18 Å². The van der Waals surface area contributed by atoms with Gasteiger partial charge in [0.2, 0.25) is 0 Å². The van der Waals surface area contributed by atoms with Crippen molar-refractivity contribution in [1.29, 1.82) is 0 Å². The maximum atomic E-state index is 13.0. The number of thiophene rings is 1. The van der Waals surface area contributed by atoms with E-state index in [1.807, 2.05) is 0 Å². The average Bonchev–Trinajstić information content (AvgIpc) is 2.74. The van der Waals surface area contributed by atoms with Gasteiger partial charge >= 0.3 is 6.18 Å². The summed E-state index contributed by atoms with van der Waals surface area (Å²) in [5.74, 6) is 0. The third-order valence-corrected chi connectivity index (χ3v) is 5.22. The molecule has 0 fully saturated rings. The standard InChI is InChI=1S/C12H6Br2ClF3S/c13-6-1-2-7(8(5-6)12(16,17)18)11(15)9-3-4-10(14)19-9/h1-5,11H. The molecule has 0 spiro atoms. The highest BCUT2D eigenvalue weighted by atomic mass is 79.9. The highest BCUT2D eigenvalue weighted by molar-refractivity contribution is 9.11. The van der Waals surface area contributed by atoms with Crippen LogP contribution >= 0.6 is 54.8 Å². The summed E-state index contributed by atoms with van der Waals surface area (Å²) in [4.78, 5) is 0.668. The fraction of sp³-hybridized carbons (Fsp3) is 0.167. The molecule has 19 heavy (non-hydrogen) atoms. The number of benzene rings is 1. The summed E-state index contributed by atoms with van der Waals surface area (Å²) in [6.45, 7) is 0. The minimum Gasteiger partial charge on any atom is -0.166 e. The van der Waals surface area contributed by atoms with Gasteiger partial charge in [-0.3, -0.25) is 0 Å². The number of hydrogen-bond acceptors (Lipinski definition) is 1. The zero-order valence-corrected chi connectivity index (χ0v) is 13.9. The first-order valence-electron chi connectivity index (χ1n) is 5.05. The van der Waals surface area contributed by atoms with Crippen LogP contribution in [0.2, 0.25) is 0 Å². The van der Waals surface area contributed by atoms with Crippen molar-refractivity contribution in [2.45, 2.75) is 11.6 Å². The van der Waals surface area contributed by atoms with Crippen LogP contribution in [-0.4, -0.2) is 0 Å². The van der Waals surface area contributed by atoms with E-state index in [9.17, 15) is 13.2 Å². The molecule has 2 aromatic rings. The van der Waals surface area contributed by atoms with E-state index in [1.165, 1.54) is 17.4 Å². The van der Waals surface area contributed by atoms with Gasteiger partial charge < -0.3 is 0 Å². The predicted octanol–water partition coefficient (Wildman–Crippen LogP) is 6.62. The summed E-state index contributed by atoms with van der Waals surface area (Å²) in [6.07, 6.45) is -4.43. The van der Waals surface area contributed by atoms with Crippen molar-refractivity contribution in [3.8, 4) is 0 Å². The van der Waals surface area contributed by atoms with Crippen LogP contribution in [0.4, 0.5) is 13.2 Å². The van der Waals surface area contributed by atoms with Gasteiger partial charge in [0.05, 0.1) is 14.7 Å². The van der Waals surface area contributed by atoms with E-state index in [0.717, 1.165) is 9.85 Å². The van der Waals surface area contributed by atoms with Crippen LogP contribution < -0.4 is 0 Å². The topological polar surface area (TPSA) is 0 Å². The fourth-order valence-electron chi connectivity index (χ4n) is 1.61. The molecule has 0 saturated heterocycles. The highest BCUT2D eigenvalue weighted by Crippen LogP contribution is 2.42. The predicted molar refractivity (Wildman–Crippen MR) is 78.9 cm³/mol. The lowest BCUT2D eigenvalue weighted by Crippen LogP contribution is -2.10. The molecule has 0 bridgehead atoms. The van der Waals surface area contributed by atoms with Crippen molar-refractivity contribution < 1.29 is 13.2 Å². The van der Waals surface area contributed by atoms with Crippen molar-refractivity contribution >= 4 is 54.8 Å². The largest absolute Gasteiger partial charge is 0.416 e. The smallest absolute Gasteiger partial charge is 0.166 e. The Morgan fingerprint density at radius 1 is 1.11 bits per heavy atom.